The van der Waals surface area contributed by atoms with Crippen LogP contribution in [0.3, 0.4) is 0 Å². The van der Waals surface area contributed by atoms with Gasteiger partial charge in [-0.3, -0.25) is 4.79 Å². The molecule has 0 unspecified atom stereocenters. The first-order chi connectivity index (χ1) is 8.79. The van der Waals surface area contributed by atoms with Crippen molar-refractivity contribution < 1.29 is 9.53 Å². The maximum Gasteiger partial charge on any atom is 0.309 e. The molecule has 0 radical (unpaired) electrons. The molecule has 2 nitrogen and oxygen atoms in total. The van der Waals surface area contributed by atoms with E-state index < -0.39 is 0 Å². The van der Waals surface area contributed by atoms with E-state index in [-0.39, 0.29) is 12.4 Å². The van der Waals surface area contributed by atoms with Gasteiger partial charge in [0.15, 0.2) is 0 Å². The highest BCUT2D eigenvalue weighted by Crippen LogP contribution is 2.28. The van der Waals surface area contributed by atoms with Crippen LogP contribution < -0.4 is 0 Å². The molecule has 0 bridgehead atoms. The molecule has 2 rings (SSSR count). The number of thiophene rings is 1. The molecule has 0 saturated carbocycles. The number of ether oxygens (including phenoxy) is 1. The summed E-state index contributed by atoms with van der Waals surface area (Å²) in [4.78, 5) is 13.4. The summed E-state index contributed by atoms with van der Waals surface area (Å²) in [5.74, 6) is -0.236. The third-order valence-electron chi connectivity index (χ3n) is 2.41. The van der Waals surface area contributed by atoms with Crippen LogP contribution in [0.5, 0.6) is 0 Å². The van der Waals surface area contributed by atoms with Gasteiger partial charge in [-0.1, -0.05) is 36.4 Å². The van der Waals surface area contributed by atoms with Gasteiger partial charge < -0.3 is 4.74 Å². The number of carbonyl (C=O) groups excluding carboxylic acids is 1. The molecule has 0 aliphatic rings. The molecule has 3 heteroatoms. The highest BCUT2D eigenvalue weighted by molar-refractivity contribution is 7.15. The Balaban J connectivity index is 1.99. The normalized spacial score (nSPS) is 10.0. The van der Waals surface area contributed by atoms with Crippen molar-refractivity contribution in [2.24, 2.45) is 0 Å². The number of benzene rings is 1. The summed E-state index contributed by atoms with van der Waals surface area (Å²) in [5, 5.41) is 0. The van der Waals surface area contributed by atoms with Gasteiger partial charge >= 0.3 is 5.97 Å². The summed E-state index contributed by atoms with van der Waals surface area (Å²) >= 11 is 1.64. The lowest BCUT2D eigenvalue weighted by Crippen LogP contribution is -2.01. The van der Waals surface area contributed by atoms with E-state index in [0.29, 0.717) is 6.61 Å². The van der Waals surface area contributed by atoms with Crippen LogP contribution in [0.4, 0.5) is 0 Å². The fraction of sp³-hybridized carbons (Fsp3) is 0.133. The second kappa shape index (κ2) is 6.17. The lowest BCUT2D eigenvalue weighted by Gasteiger charge is -2.00. The SMILES string of the molecule is C=CCC(=O)OCc1ccc(-c2ccccc2)s1. The van der Waals surface area contributed by atoms with Crippen molar-refractivity contribution in [3.05, 3.63) is 60.0 Å². The van der Waals surface area contributed by atoms with Gasteiger partial charge in [0.1, 0.15) is 6.61 Å². The molecular formula is C15H14O2S. The maximum atomic E-state index is 11.2. The minimum absolute atomic E-state index is 0.236. The Morgan fingerprint density at radius 3 is 2.72 bits per heavy atom. The van der Waals surface area contributed by atoms with Crippen LogP contribution in [0, 0.1) is 0 Å². The number of rotatable bonds is 5. The molecule has 1 aromatic carbocycles. The molecule has 92 valence electrons. The van der Waals surface area contributed by atoms with E-state index in [1.807, 2.05) is 24.3 Å². The number of hydrogen-bond donors (Lipinski definition) is 0. The van der Waals surface area contributed by atoms with Gasteiger partial charge in [0.05, 0.1) is 6.42 Å². The minimum Gasteiger partial charge on any atom is -0.460 e. The molecule has 2 aromatic rings. The summed E-state index contributed by atoms with van der Waals surface area (Å²) in [5.41, 5.74) is 1.19. The van der Waals surface area contributed by atoms with E-state index in [9.17, 15) is 4.79 Å². The van der Waals surface area contributed by atoms with Crippen LogP contribution in [0.2, 0.25) is 0 Å². The van der Waals surface area contributed by atoms with Crippen LogP contribution in [-0.2, 0) is 16.1 Å². The largest absolute Gasteiger partial charge is 0.460 e. The third-order valence-corrected chi connectivity index (χ3v) is 3.51. The van der Waals surface area contributed by atoms with Crippen molar-refractivity contribution in [3.8, 4) is 10.4 Å². The molecule has 0 aliphatic carbocycles. The van der Waals surface area contributed by atoms with Gasteiger partial charge in [0.25, 0.3) is 0 Å². The Hall–Kier alpha value is -1.87. The summed E-state index contributed by atoms with van der Waals surface area (Å²) in [6.07, 6.45) is 1.81. The first-order valence-electron chi connectivity index (χ1n) is 5.70. The topological polar surface area (TPSA) is 26.3 Å². The average molecular weight is 258 g/mol. The lowest BCUT2D eigenvalue weighted by molar-refractivity contribution is -0.143. The molecule has 0 fully saturated rings. The van der Waals surface area contributed by atoms with Gasteiger partial charge in [0.2, 0.25) is 0 Å². The monoisotopic (exact) mass is 258 g/mol. The Morgan fingerprint density at radius 2 is 2.00 bits per heavy atom. The molecule has 0 N–H and O–H groups in total. The molecule has 0 spiro atoms. The molecule has 1 aromatic heterocycles. The Kier molecular flexibility index (Phi) is 4.31. The smallest absolute Gasteiger partial charge is 0.309 e. The van der Waals surface area contributed by atoms with Gasteiger partial charge in [-0.2, -0.15) is 0 Å². The van der Waals surface area contributed by atoms with Crippen molar-refractivity contribution in [2.75, 3.05) is 0 Å². The Labute approximate surface area is 111 Å². The molecule has 18 heavy (non-hydrogen) atoms. The highest BCUT2D eigenvalue weighted by atomic mass is 32.1. The first kappa shape index (κ1) is 12.6. The van der Waals surface area contributed by atoms with Crippen LogP contribution in [0.25, 0.3) is 10.4 Å². The number of hydrogen-bond acceptors (Lipinski definition) is 3. The van der Waals surface area contributed by atoms with Crippen LogP contribution in [0.1, 0.15) is 11.3 Å². The zero-order chi connectivity index (χ0) is 12.8. The van der Waals surface area contributed by atoms with E-state index in [1.54, 1.807) is 17.4 Å². The third kappa shape index (κ3) is 3.31. The standard InChI is InChI=1S/C15H14O2S/c1-2-6-15(16)17-11-13-9-10-14(18-13)12-7-4-3-5-8-12/h2-5,7-10H,1,6,11H2. The highest BCUT2D eigenvalue weighted by Gasteiger charge is 2.05. The van der Waals surface area contributed by atoms with Crippen molar-refractivity contribution in [1.82, 2.24) is 0 Å². The molecular weight excluding hydrogens is 244 g/mol. The second-order valence-corrected chi connectivity index (χ2v) is 4.95. The fourth-order valence-electron chi connectivity index (χ4n) is 1.54. The van der Waals surface area contributed by atoms with Crippen molar-refractivity contribution in [3.63, 3.8) is 0 Å². The van der Waals surface area contributed by atoms with E-state index in [0.717, 1.165) is 4.88 Å². The average Bonchev–Trinajstić information content (AvgIpc) is 2.87. The van der Waals surface area contributed by atoms with E-state index >= 15 is 0 Å². The number of esters is 1. The van der Waals surface area contributed by atoms with Gasteiger partial charge in [0, 0.05) is 9.75 Å². The summed E-state index contributed by atoms with van der Waals surface area (Å²) in [6.45, 7) is 3.84. The van der Waals surface area contributed by atoms with Crippen LogP contribution in [-0.4, -0.2) is 5.97 Å². The summed E-state index contributed by atoms with van der Waals surface area (Å²) in [6, 6.07) is 14.2. The zero-order valence-electron chi connectivity index (χ0n) is 9.96. The van der Waals surface area contributed by atoms with E-state index in [2.05, 4.69) is 24.8 Å². The van der Waals surface area contributed by atoms with Crippen molar-refractivity contribution in [1.29, 1.82) is 0 Å². The molecule has 0 amide bonds. The van der Waals surface area contributed by atoms with Crippen molar-refractivity contribution in [2.45, 2.75) is 13.0 Å². The molecule has 0 aliphatic heterocycles. The lowest BCUT2D eigenvalue weighted by atomic mass is 10.2. The summed E-state index contributed by atoms with van der Waals surface area (Å²) < 4.78 is 5.12. The second-order valence-electron chi connectivity index (χ2n) is 3.79. The Bertz CT molecular complexity index is 528. The van der Waals surface area contributed by atoms with Crippen molar-refractivity contribution >= 4 is 17.3 Å². The first-order valence-corrected chi connectivity index (χ1v) is 6.52. The van der Waals surface area contributed by atoms with Crippen LogP contribution >= 0.6 is 11.3 Å². The molecule has 0 saturated heterocycles. The molecule has 1 heterocycles. The minimum atomic E-state index is -0.236. The predicted molar refractivity (Wildman–Crippen MR) is 74.4 cm³/mol. The molecule has 0 atom stereocenters. The zero-order valence-corrected chi connectivity index (χ0v) is 10.8. The predicted octanol–water partition coefficient (Wildman–Crippen LogP) is 4.03. The maximum absolute atomic E-state index is 11.2. The summed E-state index contributed by atoms with van der Waals surface area (Å²) in [7, 11) is 0. The van der Waals surface area contributed by atoms with E-state index in [1.165, 1.54) is 10.4 Å². The van der Waals surface area contributed by atoms with E-state index in [4.69, 9.17) is 4.74 Å². The van der Waals surface area contributed by atoms with Gasteiger partial charge in [-0.15, -0.1) is 17.9 Å². The quantitative estimate of drug-likeness (QED) is 0.597. The van der Waals surface area contributed by atoms with Gasteiger partial charge in [-0.25, -0.2) is 0 Å². The van der Waals surface area contributed by atoms with Gasteiger partial charge in [-0.05, 0) is 17.7 Å². The fourth-order valence-corrected chi connectivity index (χ4v) is 2.47. The van der Waals surface area contributed by atoms with Crippen LogP contribution in [0.15, 0.2) is 55.1 Å². The number of carbonyl (C=O) groups is 1. The Morgan fingerprint density at radius 1 is 1.22 bits per heavy atom.